The van der Waals surface area contributed by atoms with Gasteiger partial charge in [-0.15, -0.1) is 0 Å². The van der Waals surface area contributed by atoms with Gasteiger partial charge in [0, 0.05) is 58.7 Å². The number of piperidine rings is 1. The Bertz CT molecular complexity index is 681. The molecule has 0 unspecified atom stereocenters. The maximum atomic E-state index is 13.8. The van der Waals surface area contributed by atoms with E-state index in [0.717, 1.165) is 31.5 Å². The van der Waals surface area contributed by atoms with E-state index < -0.39 is 0 Å². The number of carbonyl (C=O) groups excluding carboxylic acids is 2. The molecule has 3 rings (SSSR count). The van der Waals surface area contributed by atoms with Crippen molar-refractivity contribution in [2.45, 2.75) is 26.3 Å². The molecular formula is C20H28FN3O3. The number of rotatable bonds is 4. The Kier molecular flexibility index (Phi) is 6.31. The van der Waals surface area contributed by atoms with Crippen LogP contribution in [0, 0.1) is 11.7 Å². The summed E-state index contributed by atoms with van der Waals surface area (Å²) in [6.45, 7) is 6.56. The smallest absolute Gasteiger partial charge is 0.225 e. The minimum absolute atomic E-state index is 0.0304. The van der Waals surface area contributed by atoms with Crippen molar-refractivity contribution in [3.05, 3.63) is 29.6 Å². The molecular weight excluding hydrogens is 349 g/mol. The quantitative estimate of drug-likeness (QED) is 0.802. The van der Waals surface area contributed by atoms with Crippen molar-refractivity contribution >= 4 is 11.8 Å². The van der Waals surface area contributed by atoms with Gasteiger partial charge in [-0.2, -0.15) is 0 Å². The summed E-state index contributed by atoms with van der Waals surface area (Å²) in [7, 11) is 1.46. The third kappa shape index (κ3) is 4.77. The molecule has 0 atom stereocenters. The van der Waals surface area contributed by atoms with E-state index in [0.29, 0.717) is 32.7 Å². The van der Waals surface area contributed by atoms with Crippen LogP contribution in [0.1, 0.15) is 25.3 Å². The molecule has 2 aliphatic heterocycles. The van der Waals surface area contributed by atoms with Crippen molar-refractivity contribution in [3.63, 3.8) is 0 Å². The number of halogens is 1. The van der Waals surface area contributed by atoms with Gasteiger partial charge in [-0.05, 0) is 30.5 Å². The van der Waals surface area contributed by atoms with Crippen LogP contribution in [0.5, 0.6) is 5.75 Å². The molecule has 2 aliphatic rings. The molecule has 1 aromatic carbocycles. The molecule has 2 heterocycles. The van der Waals surface area contributed by atoms with Gasteiger partial charge in [0.15, 0.2) is 11.6 Å². The van der Waals surface area contributed by atoms with Crippen LogP contribution in [0.2, 0.25) is 0 Å². The second-order valence-corrected chi connectivity index (χ2v) is 7.35. The zero-order chi connectivity index (χ0) is 19.4. The van der Waals surface area contributed by atoms with Crippen molar-refractivity contribution in [2.24, 2.45) is 5.92 Å². The lowest BCUT2D eigenvalue weighted by atomic mass is 9.95. The Morgan fingerprint density at radius 1 is 1.07 bits per heavy atom. The van der Waals surface area contributed by atoms with Crippen LogP contribution in [0.4, 0.5) is 4.39 Å². The number of ether oxygens (including phenoxy) is 1. The van der Waals surface area contributed by atoms with Crippen molar-refractivity contribution in [2.75, 3.05) is 46.4 Å². The SMILES string of the molecule is COc1ccc(CN2CCN(C(=O)C3CCN(C(C)=O)CC3)CC2)cc1F. The fraction of sp³-hybridized carbons (Fsp3) is 0.600. The zero-order valence-corrected chi connectivity index (χ0v) is 16.1. The van der Waals surface area contributed by atoms with E-state index in [4.69, 9.17) is 4.74 Å². The second-order valence-electron chi connectivity index (χ2n) is 7.35. The Morgan fingerprint density at radius 3 is 2.30 bits per heavy atom. The van der Waals surface area contributed by atoms with Gasteiger partial charge in [0.1, 0.15) is 0 Å². The minimum atomic E-state index is -0.347. The van der Waals surface area contributed by atoms with Crippen LogP contribution in [0.15, 0.2) is 18.2 Å². The summed E-state index contributed by atoms with van der Waals surface area (Å²) < 4.78 is 18.8. The van der Waals surface area contributed by atoms with Crippen molar-refractivity contribution in [1.82, 2.24) is 14.7 Å². The molecule has 0 radical (unpaired) electrons. The van der Waals surface area contributed by atoms with Gasteiger partial charge in [0.2, 0.25) is 11.8 Å². The lowest BCUT2D eigenvalue weighted by Gasteiger charge is -2.38. The minimum Gasteiger partial charge on any atom is -0.494 e. The third-order valence-corrected chi connectivity index (χ3v) is 5.60. The summed E-state index contributed by atoms with van der Waals surface area (Å²) in [5.74, 6) is 0.242. The fourth-order valence-electron chi connectivity index (χ4n) is 3.89. The molecule has 0 spiro atoms. The van der Waals surface area contributed by atoms with Crippen LogP contribution < -0.4 is 4.74 Å². The molecule has 27 heavy (non-hydrogen) atoms. The van der Waals surface area contributed by atoms with Crippen molar-refractivity contribution < 1.29 is 18.7 Å². The Balaban J connectivity index is 1.46. The number of likely N-dealkylation sites (tertiary alicyclic amines) is 1. The number of amides is 2. The van der Waals surface area contributed by atoms with E-state index >= 15 is 0 Å². The third-order valence-electron chi connectivity index (χ3n) is 5.60. The van der Waals surface area contributed by atoms with Crippen LogP contribution in [0.25, 0.3) is 0 Å². The fourth-order valence-corrected chi connectivity index (χ4v) is 3.89. The lowest BCUT2D eigenvalue weighted by Crippen LogP contribution is -2.51. The normalized spacial score (nSPS) is 19.2. The average molecular weight is 377 g/mol. The first-order valence-corrected chi connectivity index (χ1v) is 9.57. The highest BCUT2D eigenvalue weighted by Crippen LogP contribution is 2.22. The van der Waals surface area contributed by atoms with E-state index in [2.05, 4.69) is 4.90 Å². The van der Waals surface area contributed by atoms with Crippen LogP contribution in [0.3, 0.4) is 0 Å². The number of hydrogen-bond donors (Lipinski definition) is 0. The Labute approximate surface area is 159 Å². The average Bonchev–Trinajstić information content (AvgIpc) is 2.68. The number of methoxy groups -OCH3 is 1. The van der Waals surface area contributed by atoms with Crippen LogP contribution >= 0.6 is 0 Å². The molecule has 0 aliphatic carbocycles. The van der Waals surface area contributed by atoms with Crippen molar-refractivity contribution in [3.8, 4) is 5.75 Å². The van der Waals surface area contributed by atoms with Gasteiger partial charge in [-0.1, -0.05) is 6.07 Å². The Morgan fingerprint density at radius 2 is 1.74 bits per heavy atom. The molecule has 148 valence electrons. The Hall–Kier alpha value is -2.15. The molecule has 0 aromatic heterocycles. The van der Waals surface area contributed by atoms with E-state index in [1.165, 1.54) is 13.2 Å². The van der Waals surface area contributed by atoms with Gasteiger partial charge >= 0.3 is 0 Å². The summed E-state index contributed by atoms with van der Waals surface area (Å²) >= 11 is 0. The van der Waals surface area contributed by atoms with E-state index in [1.54, 1.807) is 13.0 Å². The molecule has 2 amide bonds. The molecule has 6 nitrogen and oxygen atoms in total. The molecule has 0 bridgehead atoms. The largest absolute Gasteiger partial charge is 0.494 e. The summed E-state index contributed by atoms with van der Waals surface area (Å²) in [4.78, 5) is 30.2. The van der Waals surface area contributed by atoms with Gasteiger partial charge in [0.05, 0.1) is 7.11 Å². The number of piperazine rings is 1. The van der Waals surface area contributed by atoms with Gasteiger partial charge in [0.25, 0.3) is 0 Å². The first kappa shape index (κ1) is 19.6. The first-order chi connectivity index (χ1) is 13.0. The highest BCUT2D eigenvalue weighted by atomic mass is 19.1. The van der Waals surface area contributed by atoms with E-state index in [9.17, 15) is 14.0 Å². The maximum Gasteiger partial charge on any atom is 0.225 e. The van der Waals surface area contributed by atoms with Crippen molar-refractivity contribution in [1.29, 1.82) is 0 Å². The van der Waals surface area contributed by atoms with Crippen LogP contribution in [-0.4, -0.2) is 72.9 Å². The summed E-state index contributed by atoms with van der Waals surface area (Å²) in [6.07, 6.45) is 1.51. The highest BCUT2D eigenvalue weighted by Gasteiger charge is 2.31. The maximum absolute atomic E-state index is 13.8. The molecule has 7 heteroatoms. The zero-order valence-electron chi connectivity index (χ0n) is 16.1. The lowest BCUT2D eigenvalue weighted by molar-refractivity contribution is -0.141. The predicted octanol–water partition coefficient (Wildman–Crippen LogP) is 1.74. The second kappa shape index (κ2) is 8.69. The standard InChI is InChI=1S/C20H28FN3O3/c1-15(25)23-7-5-17(6-8-23)20(26)24-11-9-22(10-12-24)14-16-3-4-19(27-2)18(21)13-16/h3-4,13,17H,5-12,14H2,1-2H3. The number of benzene rings is 1. The number of hydrogen-bond acceptors (Lipinski definition) is 4. The summed E-state index contributed by atoms with van der Waals surface area (Å²) in [5, 5.41) is 0. The molecule has 2 fully saturated rings. The first-order valence-electron chi connectivity index (χ1n) is 9.57. The summed E-state index contributed by atoms with van der Waals surface area (Å²) in [6, 6.07) is 5.04. The monoisotopic (exact) mass is 377 g/mol. The highest BCUT2D eigenvalue weighted by molar-refractivity contribution is 5.80. The van der Waals surface area contributed by atoms with Gasteiger partial charge in [-0.3, -0.25) is 14.5 Å². The topological polar surface area (TPSA) is 53.1 Å². The molecule has 1 aromatic rings. The van der Waals surface area contributed by atoms with E-state index in [1.807, 2.05) is 15.9 Å². The molecule has 2 saturated heterocycles. The van der Waals surface area contributed by atoms with E-state index in [-0.39, 0.29) is 29.3 Å². The van der Waals surface area contributed by atoms with Gasteiger partial charge < -0.3 is 14.5 Å². The van der Waals surface area contributed by atoms with Gasteiger partial charge in [-0.25, -0.2) is 4.39 Å². The number of nitrogens with zero attached hydrogens (tertiary/aromatic N) is 3. The number of carbonyl (C=O) groups is 2. The predicted molar refractivity (Wildman–Crippen MR) is 99.8 cm³/mol. The summed E-state index contributed by atoms with van der Waals surface area (Å²) in [5.41, 5.74) is 0.907. The van der Waals surface area contributed by atoms with Crippen LogP contribution in [-0.2, 0) is 16.1 Å². The molecule has 0 saturated carbocycles. The molecule has 0 N–H and O–H groups in total.